The molecule has 0 amide bonds. The van der Waals surface area contributed by atoms with E-state index in [2.05, 4.69) is 5.32 Å². The van der Waals surface area contributed by atoms with Gasteiger partial charge in [-0.15, -0.1) is 0 Å². The molecule has 16 heavy (non-hydrogen) atoms. The fourth-order valence-electron chi connectivity index (χ4n) is 1.51. The van der Waals surface area contributed by atoms with Crippen LogP contribution >= 0.6 is 0 Å². The number of rotatable bonds is 5. The number of nitrogens with one attached hydrogen (secondary N) is 1. The number of benzene rings is 1. The summed E-state index contributed by atoms with van der Waals surface area (Å²) in [5.74, 6) is 0.759. The highest BCUT2D eigenvalue weighted by molar-refractivity contribution is 6.03. The van der Waals surface area contributed by atoms with Gasteiger partial charge < -0.3 is 15.0 Å². The molecule has 4 heteroatoms. The number of ketones is 1. The number of likely N-dealkylation sites (N-methyl/N-ethyl adjacent to an activating group) is 1. The Kier molecular flexibility index (Phi) is 4.31. The first-order chi connectivity index (χ1) is 7.60. The van der Waals surface area contributed by atoms with E-state index in [4.69, 9.17) is 4.74 Å². The lowest BCUT2D eigenvalue weighted by Crippen LogP contribution is -2.21. The lowest BCUT2D eigenvalue weighted by molar-refractivity contribution is 0.0994. The van der Waals surface area contributed by atoms with Gasteiger partial charge in [0.05, 0.1) is 13.7 Å². The van der Waals surface area contributed by atoms with Crippen molar-refractivity contribution in [3.05, 3.63) is 23.8 Å². The number of carbonyl (C=O) groups excluding carboxylic acids is 1. The molecular formula is C12H18N2O2. The van der Waals surface area contributed by atoms with Crippen molar-refractivity contribution in [2.45, 2.75) is 0 Å². The van der Waals surface area contributed by atoms with Crippen molar-refractivity contribution in [3.8, 4) is 5.75 Å². The summed E-state index contributed by atoms with van der Waals surface area (Å²) >= 11 is 0. The molecule has 0 heterocycles. The molecule has 1 N–H and O–H groups in total. The SMILES string of the molecule is CNCC(=O)c1cc(OC)ccc1N(C)C. The zero-order valence-corrected chi connectivity index (χ0v) is 10.2. The highest BCUT2D eigenvalue weighted by atomic mass is 16.5. The summed E-state index contributed by atoms with van der Waals surface area (Å²) in [6.45, 7) is 0.327. The second-order valence-corrected chi connectivity index (χ2v) is 3.73. The Bertz CT molecular complexity index is 375. The van der Waals surface area contributed by atoms with Gasteiger partial charge in [-0.05, 0) is 25.2 Å². The highest BCUT2D eigenvalue weighted by Crippen LogP contribution is 2.24. The molecule has 0 spiro atoms. The lowest BCUT2D eigenvalue weighted by Gasteiger charge is -2.17. The van der Waals surface area contributed by atoms with Crippen LogP contribution in [0.5, 0.6) is 5.75 Å². The number of anilines is 1. The standard InChI is InChI=1S/C12H18N2O2/c1-13-8-12(15)10-7-9(16-4)5-6-11(10)14(2)3/h5-7,13H,8H2,1-4H3. The minimum absolute atomic E-state index is 0.0603. The van der Waals surface area contributed by atoms with Crippen LogP contribution in [0.1, 0.15) is 10.4 Å². The summed E-state index contributed by atoms with van der Waals surface area (Å²) in [6, 6.07) is 5.52. The number of ether oxygens (including phenoxy) is 1. The third-order valence-corrected chi connectivity index (χ3v) is 2.32. The molecule has 0 radical (unpaired) electrons. The molecule has 1 aromatic rings. The number of hydrogen-bond acceptors (Lipinski definition) is 4. The molecule has 88 valence electrons. The molecule has 1 rings (SSSR count). The molecule has 0 saturated heterocycles. The largest absolute Gasteiger partial charge is 0.497 e. The van der Waals surface area contributed by atoms with Crippen LogP contribution in [0.2, 0.25) is 0 Å². The van der Waals surface area contributed by atoms with Crippen LogP contribution in [0, 0.1) is 0 Å². The van der Waals surface area contributed by atoms with Crippen LogP contribution in [0.25, 0.3) is 0 Å². The fourth-order valence-corrected chi connectivity index (χ4v) is 1.51. The summed E-state index contributed by atoms with van der Waals surface area (Å²) < 4.78 is 5.13. The van der Waals surface area contributed by atoms with Crippen molar-refractivity contribution in [3.63, 3.8) is 0 Å². The molecule has 0 fully saturated rings. The van der Waals surface area contributed by atoms with Crippen molar-refractivity contribution < 1.29 is 9.53 Å². The van der Waals surface area contributed by atoms with Crippen molar-refractivity contribution in [2.24, 2.45) is 0 Å². The van der Waals surface area contributed by atoms with Gasteiger partial charge in [-0.25, -0.2) is 0 Å². The lowest BCUT2D eigenvalue weighted by atomic mass is 10.1. The third-order valence-electron chi connectivity index (χ3n) is 2.32. The van der Waals surface area contributed by atoms with Gasteiger partial charge >= 0.3 is 0 Å². The van der Waals surface area contributed by atoms with E-state index < -0.39 is 0 Å². The normalized spacial score (nSPS) is 10.0. The molecule has 0 bridgehead atoms. The average Bonchev–Trinajstić information content (AvgIpc) is 2.28. The van der Waals surface area contributed by atoms with Gasteiger partial charge in [0.15, 0.2) is 5.78 Å². The Labute approximate surface area is 96.2 Å². The summed E-state index contributed by atoms with van der Waals surface area (Å²) in [5, 5.41) is 2.86. The predicted octanol–water partition coefficient (Wildman–Crippen LogP) is 1.16. The number of carbonyl (C=O) groups is 1. The van der Waals surface area contributed by atoms with E-state index in [0.29, 0.717) is 17.9 Å². The van der Waals surface area contributed by atoms with E-state index in [1.54, 1.807) is 20.2 Å². The number of hydrogen-bond donors (Lipinski definition) is 1. The monoisotopic (exact) mass is 222 g/mol. The Balaban J connectivity index is 3.14. The zero-order chi connectivity index (χ0) is 12.1. The molecule has 0 aliphatic carbocycles. The zero-order valence-electron chi connectivity index (χ0n) is 10.2. The summed E-state index contributed by atoms with van der Waals surface area (Å²) in [4.78, 5) is 13.8. The van der Waals surface area contributed by atoms with Crippen LogP contribution in [-0.2, 0) is 0 Å². The first-order valence-corrected chi connectivity index (χ1v) is 5.13. The summed E-state index contributed by atoms with van der Waals surface area (Å²) in [6.07, 6.45) is 0. The predicted molar refractivity (Wildman–Crippen MR) is 65.6 cm³/mol. The maximum Gasteiger partial charge on any atom is 0.178 e. The second kappa shape index (κ2) is 5.51. The van der Waals surface area contributed by atoms with Crippen molar-refractivity contribution >= 4 is 11.5 Å². The Morgan fingerprint density at radius 1 is 1.44 bits per heavy atom. The minimum Gasteiger partial charge on any atom is -0.497 e. The van der Waals surface area contributed by atoms with Gasteiger partial charge in [0.2, 0.25) is 0 Å². The number of methoxy groups -OCH3 is 1. The first kappa shape index (κ1) is 12.5. The van der Waals surface area contributed by atoms with Gasteiger partial charge in [0.25, 0.3) is 0 Å². The Hall–Kier alpha value is -1.55. The van der Waals surface area contributed by atoms with E-state index in [1.807, 2.05) is 31.1 Å². The summed E-state index contributed by atoms with van der Waals surface area (Å²) in [7, 11) is 7.18. The molecule has 0 unspecified atom stereocenters. The van der Waals surface area contributed by atoms with Crippen molar-refractivity contribution in [2.75, 3.05) is 39.7 Å². The maximum absolute atomic E-state index is 11.9. The van der Waals surface area contributed by atoms with Gasteiger partial charge in [-0.1, -0.05) is 0 Å². The molecule has 0 atom stereocenters. The molecule has 0 aliphatic heterocycles. The van der Waals surface area contributed by atoms with E-state index >= 15 is 0 Å². The Morgan fingerprint density at radius 3 is 2.62 bits per heavy atom. The second-order valence-electron chi connectivity index (χ2n) is 3.73. The van der Waals surface area contributed by atoms with E-state index in [9.17, 15) is 4.79 Å². The molecule has 0 aromatic heterocycles. The molecule has 0 saturated carbocycles. The summed E-state index contributed by atoms with van der Waals surface area (Å²) in [5.41, 5.74) is 1.58. The fraction of sp³-hybridized carbons (Fsp3) is 0.417. The van der Waals surface area contributed by atoms with Crippen LogP contribution < -0.4 is 15.0 Å². The van der Waals surface area contributed by atoms with Crippen LogP contribution in [-0.4, -0.2) is 40.6 Å². The molecule has 1 aromatic carbocycles. The van der Waals surface area contributed by atoms with Crippen LogP contribution in [0.15, 0.2) is 18.2 Å². The minimum atomic E-state index is 0.0603. The molecular weight excluding hydrogens is 204 g/mol. The van der Waals surface area contributed by atoms with E-state index in [1.165, 1.54) is 0 Å². The van der Waals surface area contributed by atoms with Crippen molar-refractivity contribution in [1.29, 1.82) is 0 Å². The van der Waals surface area contributed by atoms with Crippen LogP contribution in [0.4, 0.5) is 5.69 Å². The smallest absolute Gasteiger partial charge is 0.178 e. The van der Waals surface area contributed by atoms with Gasteiger partial charge in [-0.2, -0.15) is 0 Å². The van der Waals surface area contributed by atoms with E-state index in [0.717, 1.165) is 5.69 Å². The van der Waals surface area contributed by atoms with Gasteiger partial charge in [-0.3, -0.25) is 4.79 Å². The number of Topliss-reactive ketones (excluding diaryl/α,β-unsaturated/α-hetero) is 1. The van der Waals surface area contributed by atoms with Crippen LogP contribution in [0.3, 0.4) is 0 Å². The third kappa shape index (κ3) is 2.73. The quantitative estimate of drug-likeness (QED) is 0.759. The average molecular weight is 222 g/mol. The molecule has 4 nitrogen and oxygen atoms in total. The number of nitrogens with zero attached hydrogens (tertiary/aromatic N) is 1. The van der Waals surface area contributed by atoms with Gasteiger partial charge in [0, 0.05) is 25.3 Å². The van der Waals surface area contributed by atoms with Gasteiger partial charge in [0.1, 0.15) is 5.75 Å². The van der Waals surface area contributed by atoms with Crippen molar-refractivity contribution in [1.82, 2.24) is 5.32 Å². The first-order valence-electron chi connectivity index (χ1n) is 5.13. The highest BCUT2D eigenvalue weighted by Gasteiger charge is 2.13. The topological polar surface area (TPSA) is 41.6 Å². The Morgan fingerprint density at radius 2 is 2.12 bits per heavy atom. The van der Waals surface area contributed by atoms with E-state index in [-0.39, 0.29) is 5.78 Å². The molecule has 0 aliphatic rings. The maximum atomic E-state index is 11.9.